The van der Waals surface area contributed by atoms with Crippen LogP contribution in [-0.4, -0.2) is 311 Å². The summed E-state index contributed by atoms with van der Waals surface area (Å²) in [4.78, 5) is 160. The van der Waals surface area contributed by atoms with Crippen LogP contribution >= 0.6 is 0 Å². The summed E-state index contributed by atoms with van der Waals surface area (Å²) in [6.45, 7) is 22.9. The highest BCUT2D eigenvalue weighted by Crippen LogP contribution is 2.43. The number of halogens is 12. The van der Waals surface area contributed by atoms with Gasteiger partial charge in [-0.25, -0.2) is 37.9 Å². The number of H-pyrrole nitrogens is 3. The number of carboxylic acids is 1. The number of benzene rings is 3. The number of carbonyl (C=O) groups is 6. The van der Waals surface area contributed by atoms with Crippen molar-refractivity contribution in [3.8, 4) is 11.1 Å². The van der Waals surface area contributed by atoms with Crippen molar-refractivity contribution in [1.29, 1.82) is 0 Å². The fourth-order valence-electron chi connectivity index (χ4n) is 18.0. The Labute approximate surface area is 798 Å². The molecule has 140 heavy (non-hydrogen) atoms. The number of aliphatic carboxylic acids is 1. The summed E-state index contributed by atoms with van der Waals surface area (Å²) in [6, 6.07) is 9.40. The first kappa shape index (κ1) is 104. The molecule has 7 aliphatic heterocycles. The summed E-state index contributed by atoms with van der Waals surface area (Å²) in [7, 11) is 11.3. The van der Waals surface area contributed by atoms with Crippen molar-refractivity contribution in [2.24, 2.45) is 0 Å². The molecular weight excluding hydrogens is 1850 g/mol. The molecule has 8 aromatic rings. The maximum Gasteiger partial charge on any atom is 0.417 e. The Morgan fingerprint density at radius 1 is 0.429 bits per heavy atom. The van der Waals surface area contributed by atoms with Crippen molar-refractivity contribution in [3.05, 3.63) is 209 Å². The van der Waals surface area contributed by atoms with Crippen molar-refractivity contribution >= 4 is 92.8 Å². The molecule has 6 amide bonds. The van der Waals surface area contributed by atoms with Gasteiger partial charge in [0.15, 0.2) is 0 Å². The van der Waals surface area contributed by atoms with Crippen LogP contribution in [0.4, 0.5) is 104 Å². The van der Waals surface area contributed by atoms with E-state index in [1.807, 2.05) is 106 Å². The fourth-order valence-corrected chi connectivity index (χ4v) is 18.0. The number of anilines is 8. The van der Waals surface area contributed by atoms with Crippen LogP contribution in [0.25, 0.3) is 22.3 Å². The first-order chi connectivity index (χ1) is 66.0. The lowest BCUT2D eigenvalue weighted by molar-refractivity contribution is -0.141. The number of rotatable bonds is 19. The van der Waals surface area contributed by atoms with E-state index in [0.29, 0.717) is 157 Å². The molecule has 5 aromatic heterocycles. The Balaban J connectivity index is 0.000000178. The van der Waals surface area contributed by atoms with Crippen molar-refractivity contribution in [2.75, 3.05) is 201 Å². The van der Waals surface area contributed by atoms with Gasteiger partial charge in [0.1, 0.15) is 17.5 Å². The molecule has 33 nitrogen and oxygen atoms in total. The Hall–Kier alpha value is -13.3. The minimum absolute atomic E-state index is 0.00724. The van der Waals surface area contributed by atoms with Crippen LogP contribution in [0.3, 0.4) is 0 Å². The molecule has 3 aromatic carbocycles. The topological polar surface area (TPSA) is 351 Å². The van der Waals surface area contributed by atoms with Gasteiger partial charge in [-0.1, -0.05) is 12.2 Å². The van der Waals surface area contributed by atoms with E-state index in [4.69, 9.17) is 5.11 Å². The highest BCUT2D eigenvalue weighted by molar-refractivity contribution is 6.09. The van der Waals surface area contributed by atoms with Gasteiger partial charge in [-0.3, -0.25) is 58.0 Å². The lowest BCUT2D eigenvalue weighted by Crippen LogP contribution is -2.55. The minimum Gasteiger partial charge on any atom is -0.481 e. The van der Waals surface area contributed by atoms with E-state index in [-0.39, 0.29) is 113 Å². The Kier molecular flexibility index (Phi) is 32.4. The predicted molar refractivity (Wildman–Crippen MR) is 506 cm³/mol. The number of aromatic amines is 3. The number of amides is 6. The molecule has 0 unspecified atom stereocenters. The number of urea groups is 1. The van der Waals surface area contributed by atoms with E-state index in [2.05, 4.69) is 82.4 Å². The standard InChI is InChI=1S/C35H43F4N9O2.C32H36F4N8O5.C28H34F4N6O3/c1-22-19-48(20-23(2)45(22)4)31-15-29(36)26(13-30(31)43-33(50)27-18-40-32(49)14-28(27)35(37,38)39)25-5-7-47(8-6-25)34-41-16-24(17-42-34)21-46-11-9-44(3)10-12-46;1-18-16-44(17-19(2)41(18)3)26-12-24(33)21(10-25(26)40-30(49)22-15-37-27(45)11-23(22)32(34,35)36)20-13-38-31(39-14-20)43-8-6-42(7-9-43)28(46)4-5-29(47)48;1-16-14-38(15-17(2)36(16)5)24-12-22(29)19(18-6-8-37(9-7-18)27(41)35(3)4)10-23(24)34-26(40)20-13-33-25(39)11-21(20)28(30,31)32/h5,13-18,22-23H,6-12,19-21H2,1-4H3,(H,40,49)(H,43,50);10-15,18-19H,4-9,16-17H2,1-3H3,(H,37,45)(H,40,49)(H,47,48);6,10-13,16-17H,7-9,14-15H2,1-5H3,(H,33,39)(H,34,40)/t22-,23+;18-,19+;16-,17+. The molecule has 5 saturated heterocycles. The van der Waals surface area contributed by atoms with Gasteiger partial charge < -0.3 is 80.1 Å². The van der Waals surface area contributed by atoms with Crippen LogP contribution in [0.1, 0.15) is 132 Å². The van der Waals surface area contributed by atoms with E-state index in [0.717, 1.165) is 50.7 Å². The van der Waals surface area contributed by atoms with E-state index in [9.17, 15) is 82.7 Å². The number of carbonyl (C=O) groups excluding carboxylic acids is 5. The monoisotopic (exact) mass is 1960 g/mol. The molecule has 45 heteroatoms. The predicted octanol–water partition coefficient (Wildman–Crippen LogP) is 11.5. The van der Waals surface area contributed by atoms with Gasteiger partial charge in [0.2, 0.25) is 34.5 Å². The van der Waals surface area contributed by atoms with E-state index in [1.54, 1.807) is 30.0 Å². The fraction of sp³-hybridized carbons (Fsp3) is 0.463. The molecule has 0 saturated carbocycles. The largest absolute Gasteiger partial charge is 0.481 e. The first-order valence-electron chi connectivity index (χ1n) is 45.7. The van der Waals surface area contributed by atoms with Gasteiger partial charge in [0.05, 0.1) is 73.9 Å². The highest BCUT2D eigenvalue weighted by Gasteiger charge is 2.42. The average Bonchev–Trinajstić information content (AvgIpc) is 0.777. The third-order valence-electron chi connectivity index (χ3n) is 26.7. The van der Waals surface area contributed by atoms with Crippen LogP contribution in [0.5, 0.6) is 0 Å². The maximum atomic E-state index is 16.0. The zero-order valence-corrected chi connectivity index (χ0v) is 79.4. The van der Waals surface area contributed by atoms with Crippen molar-refractivity contribution in [3.63, 3.8) is 0 Å². The van der Waals surface area contributed by atoms with Crippen molar-refractivity contribution in [1.82, 2.24) is 74.1 Å². The van der Waals surface area contributed by atoms with Crippen LogP contribution in [0, 0.1) is 17.5 Å². The van der Waals surface area contributed by atoms with Crippen LogP contribution in [0.2, 0.25) is 0 Å². The molecule has 7 N–H and O–H groups in total. The van der Waals surface area contributed by atoms with Crippen molar-refractivity contribution in [2.45, 2.75) is 129 Å². The Bertz CT molecular complexity index is 6110. The lowest BCUT2D eigenvalue weighted by Gasteiger charge is -2.44. The molecule has 6 atom stereocenters. The summed E-state index contributed by atoms with van der Waals surface area (Å²) in [5.41, 5.74) is -5.06. The molecule has 15 rings (SSSR count). The minimum atomic E-state index is -4.98. The number of likely N-dealkylation sites (N-methyl/N-ethyl adjacent to an activating group) is 4. The van der Waals surface area contributed by atoms with Gasteiger partial charge in [0.25, 0.3) is 17.7 Å². The number of alkyl halides is 9. The summed E-state index contributed by atoms with van der Waals surface area (Å²) in [5.74, 6) is -5.43. The molecule has 0 bridgehead atoms. The number of piperazine rings is 5. The van der Waals surface area contributed by atoms with Gasteiger partial charge in [-0.15, -0.1) is 0 Å². The summed E-state index contributed by atoms with van der Waals surface area (Å²) in [6.07, 6.45) is -2.12. The molecule has 7 aliphatic rings. The number of nitrogens with zero attached hydrogens (tertiary/aromatic N) is 17. The zero-order chi connectivity index (χ0) is 102. The Morgan fingerprint density at radius 3 is 1.14 bits per heavy atom. The molecule has 0 spiro atoms. The van der Waals surface area contributed by atoms with Crippen LogP contribution < -0.4 is 57.1 Å². The van der Waals surface area contributed by atoms with Gasteiger partial charge >= 0.3 is 30.5 Å². The normalized spacial score (nSPS) is 20.1. The number of hydrogen-bond acceptors (Lipinski definition) is 23. The summed E-state index contributed by atoms with van der Waals surface area (Å²) < 4.78 is 172. The average molecular weight is 1970 g/mol. The molecule has 12 heterocycles. The third-order valence-corrected chi connectivity index (χ3v) is 26.7. The number of pyridine rings is 3. The maximum absolute atomic E-state index is 16.0. The zero-order valence-electron chi connectivity index (χ0n) is 79.4. The van der Waals surface area contributed by atoms with E-state index < -0.39 is 110 Å². The molecule has 5 fully saturated rings. The number of nitrogens with one attached hydrogen (secondary N) is 6. The second kappa shape index (κ2) is 43.6. The van der Waals surface area contributed by atoms with Gasteiger partial charge in [0, 0.05) is 271 Å². The summed E-state index contributed by atoms with van der Waals surface area (Å²) >= 11 is 0. The third kappa shape index (κ3) is 24.9. The highest BCUT2D eigenvalue weighted by atomic mass is 19.4. The van der Waals surface area contributed by atoms with Crippen LogP contribution in [-0.2, 0) is 34.7 Å². The molecular formula is C95H113F12N23O10. The number of aromatic nitrogens is 7. The molecule has 752 valence electrons. The Morgan fingerprint density at radius 2 is 0.786 bits per heavy atom. The lowest BCUT2D eigenvalue weighted by atomic mass is 9.97. The van der Waals surface area contributed by atoms with Gasteiger partial charge in [-0.2, -0.15) is 39.5 Å². The van der Waals surface area contributed by atoms with E-state index in [1.165, 1.54) is 53.7 Å². The SMILES string of the molecule is C[C@@H]1CN(c2cc(F)c(-c3cnc(N4CCN(C(=O)CCC(=O)O)CC4)nc3)cc2NC(=O)c2c[nH]c(=O)cc2C(F)(F)F)C[C@H](C)N1C.C[C@@H]1CN(c2cc(F)c(C3=CCN(C(=O)N(C)C)CC3)cc2NC(=O)c2c[nH]c(=O)cc2C(F)(F)F)C[C@H](C)N1C.C[C@@H]1CN(c2cc(F)c(C3=CCN(c4ncc(CN5CCN(C)CC5)cn4)CC3)cc2NC(=O)c2c[nH]c(=O)cc2C(F)(F)F)C[C@H](C)N1C. The quantitative estimate of drug-likeness (QED) is 0.0370. The second-order valence-electron chi connectivity index (χ2n) is 36.6. The number of carboxylic acid groups (broad SMARTS) is 1. The number of hydrogen-bond donors (Lipinski definition) is 7. The molecule has 0 aliphatic carbocycles. The van der Waals surface area contributed by atoms with Gasteiger partial charge in [-0.05, 0) is 130 Å². The smallest absolute Gasteiger partial charge is 0.417 e. The molecule has 0 radical (unpaired) electrons. The van der Waals surface area contributed by atoms with Crippen molar-refractivity contribution < 1.29 is 86.6 Å². The van der Waals surface area contributed by atoms with E-state index >= 15 is 13.2 Å². The summed E-state index contributed by atoms with van der Waals surface area (Å²) in [5, 5.41) is 16.6. The second-order valence-corrected chi connectivity index (χ2v) is 36.6. The van der Waals surface area contributed by atoms with Crippen LogP contribution in [0.15, 0.2) is 125 Å². The first-order valence-corrected chi connectivity index (χ1v) is 45.7.